The summed E-state index contributed by atoms with van der Waals surface area (Å²) in [6.45, 7) is 1.89. The number of hydrogen-bond donors (Lipinski definition) is 0. The van der Waals surface area contributed by atoms with Crippen LogP contribution in [-0.4, -0.2) is 16.7 Å². The fraction of sp³-hybridized carbons (Fsp3) is 0.0400. The molecule has 0 unspecified atom stereocenters. The number of nitro benzene ring substituents is 1. The predicted octanol–water partition coefficient (Wildman–Crippen LogP) is 5.19. The van der Waals surface area contributed by atoms with Crippen LogP contribution in [0.25, 0.3) is 11.6 Å². The number of allylic oxidation sites excluding steroid dienone is 2. The molecule has 0 spiro atoms. The number of amides is 2. The fourth-order valence-electron chi connectivity index (χ4n) is 3.56. The number of para-hydroxylation sites is 1. The maximum atomic E-state index is 13.3. The number of fused-ring (bicyclic) bond motifs is 1. The van der Waals surface area contributed by atoms with Gasteiger partial charge in [0, 0.05) is 17.2 Å². The Morgan fingerprint density at radius 3 is 2.32 bits per heavy atom. The monoisotopic (exact) mass is 410 g/mol. The van der Waals surface area contributed by atoms with Gasteiger partial charge >= 0.3 is 0 Å². The van der Waals surface area contributed by atoms with Crippen molar-refractivity contribution in [3.8, 4) is 0 Å². The van der Waals surface area contributed by atoms with E-state index in [9.17, 15) is 19.7 Å². The third-order valence-electron chi connectivity index (χ3n) is 5.02. The Bertz CT molecular complexity index is 1270. The maximum Gasteiger partial charge on any atom is 0.276 e. The highest BCUT2D eigenvalue weighted by Gasteiger charge is 2.35. The molecule has 3 aromatic rings. The Hall–Kier alpha value is -4.32. The Morgan fingerprint density at radius 2 is 1.58 bits per heavy atom. The summed E-state index contributed by atoms with van der Waals surface area (Å²) >= 11 is 0. The molecule has 6 heteroatoms. The van der Waals surface area contributed by atoms with Crippen molar-refractivity contribution in [3.05, 3.63) is 117 Å². The van der Waals surface area contributed by atoms with Gasteiger partial charge in [0.05, 0.1) is 16.2 Å². The van der Waals surface area contributed by atoms with Gasteiger partial charge in [0.2, 0.25) is 0 Å². The number of imide groups is 1. The van der Waals surface area contributed by atoms with Gasteiger partial charge in [-0.2, -0.15) is 0 Å². The highest BCUT2D eigenvalue weighted by atomic mass is 16.6. The number of hydrogen-bond acceptors (Lipinski definition) is 4. The molecule has 0 radical (unpaired) electrons. The minimum Gasteiger partial charge on any atom is -0.268 e. The van der Waals surface area contributed by atoms with Crippen LogP contribution in [0.4, 0.5) is 11.4 Å². The number of nitro groups is 1. The first-order chi connectivity index (χ1) is 15.0. The lowest BCUT2D eigenvalue weighted by molar-refractivity contribution is -0.385. The van der Waals surface area contributed by atoms with Crippen LogP contribution in [-0.2, 0) is 4.79 Å². The van der Waals surface area contributed by atoms with Crippen LogP contribution in [0, 0.1) is 17.0 Å². The van der Waals surface area contributed by atoms with Crippen molar-refractivity contribution in [2.45, 2.75) is 6.92 Å². The molecule has 1 aliphatic heterocycles. The average molecular weight is 410 g/mol. The summed E-state index contributed by atoms with van der Waals surface area (Å²) in [6.07, 6.45) is 4.76. The molecular weight excluding hydrogens is 392 g/mol. The van der Waals surface area contributed by atoms with Gasteiger partial charge in [-0.1, -0.05) is 48.5 Å². The van der Waals surface area contributed by atoms with Gasteiger partial charge in [-0.3, -0.25) is 19.7 Å². The first-order valence-corrected chi connectivity index (χ1v) is 9.64. The van der Waals surface area contributed by atoms with E-state index in [1.54, 1.807) is 78.9 Å². The van der Waals surface area contributed by atoms with E-state index in [1.165, 1.54) is 11.0 Å². The molecule has 0 saturated heterocycles. The number of aryl methyl sites for hydroxylation is 1. The number of anilines is 1. The first kappa shape index (κ1) is 20.0. The number of benzene rings is 3. The zero-order valence-electron chi connectivity index (χ0n) is 16.7. The standard InChI is InChI=1S/C25H18N2O4/c1-17-8-6-11-19(16-17)26-24(28)21-13-4-3-12-20(21)22(25(26)29)14-7-10-18-9-2-5-15-23(18)27(30)31/h2-16H,1H3. The molecule has 2 amide bonds. The summed E-state index contributed by atoms with van der Waals surface area (Å²) in [4.78, 5) is 38.3. The van der Waals surface area contributed by atoms with Crippen molar-refractivity contribution in [2.75, 3.05) is 4.90 Å². The summed E-state index contributed by atoms with van der Waals surface area (Å²) < 4.78 is 0. The second-order valence-electron chi connectivity index (χ2n) is 7.09. The van der Waals surface area contributed by atoms with Gasteiger partial charge in [-0.15, -0.1) is 0 Å². The summed E-state index contributed by atoms with van der Waals surface area (Å²) in [5, 5.41) is 11.2. The van der Waals surface area contributed by atoms with Crippen molar-refractivity contribution >= 4 is 34.8 Å². The second-order valence-corrected chi connectivity index (χ2v) is 7.09. The molecule has 4 rings (SSSR count). The van der Waals surface area contributed by atoms with Gasteiger partial charge in [-0.05, 0) is 54.5 Å². The molecule has 3 aromatic carbocycles. The first-order valence-electron chi connectivity index (χ1n) is 9.64. The van der Waals surface area contributed by atoms with Crippen LogP contribution in [0.15, 0.2) is 84.9 Å². The van der Waals surface area contributed by atoms with E-state index >= 15 is 0 Å². The van der Waals surface area contributed by atoms with Crippen molar-refractivity contribution in [2.24, 2.45) is 0 Å². The minimum atomic E-state index is -0.452. The molecule has 0 aliphatic carbocycles. The van der Waals surface area contributed by atoms with E-state index in [4.69, 9.17) is 0 Å². The Labute approximate surface area is 178 Å². The average Bonchev–Trinajstić information content (AvgIpc) is 2.76. The lowest BCUT2D eigenvalue weighted by Crippen LogP contribution is -2.41. The lowest BCUT2D eigenvalue weighted by atomic mass is 9.92. The molecule has 152 valence electrons. The Balaban J connectivity index is 1.79. The Kier molecular flexibility index (Phi) is 5.28. The van der Waals surface area contributed by atoms with Crippen LogP contribution in [0.3, 0.4) is 0 Å². The summed E-state index contributed by atoms with van der Waals surface area (Å²) in [6, 6.07) is 20.5. The van der Waals surface area contributed by atoms with E-state index < -0.39 is 10.8 Å². The molecule has 0 saturated carbocycles. The van der Waals surface area contributed by atoms with E-state index in [0.29, 0.717) is 28.0 Å². The molecule has 6 nitrogen and oxygen atoms in total. The molecule has 0 aromatic heterocycles. The largest absolute Gasteiger partial charge is 0.276 e. The SMILES string of the molecule is Cc1cccc(N2C(=O)C(=CC=Cc3ccccc3[N+](=O)[O-])c3ccccc3C2=O)c1. The third kappa shape index (κ3) is 3.79. The number of carbonyl (C=O) groups is 2. The van der Waals surface area contributed by atoms with Gasteiger partial charge < -0.3 is 0 Å². The normalized spacial score (nSPS) is 14.9. The molecule has 0 bridgehead atoms. The molecular formula is C25H18N2O4. The number of nitrogens with zero attached hydrogens (tertiary/aromatic N) is 2. The molecule has 1 aliphatic rings. The third-order valence-corrected chi connectivity index (χ3v) is 5.02. The fourth-order valence-corrected chi connectivity index (χ4v) is 3.56. The van der Waals surface area contributed by atoms with Gasteiger partial charge in [0.25, 0.3) is 17.5 Å². The van der Waals surface area contributed by atoms with Crippen LogP contribution >= 0.6 is 0 Å². The quantitative estimate of drug-likeness (QED) is 0.257. The minimum absolute atomic E-state index is 0.0240. The van der Waals surface area contributed by atoms with Crippen molar-refractivity contribution in [3.63, 3.8) is 0 Å². The summed E-state index contributed by atoms with van der Waals surface area (Å²) in [7, 11) is 0. The lowest BCUT2D eigenvalue weighted by Gasteiger charge is -2.28. The van der Waals surface area contributed by atoms with E-state index in [2.05, 4.69) is 0 Å². The van der Waals surface area contributed by atoms with Gasteiger partial charge in [-0.25, -0.2) is 4.90 Å². The highest BCUT2D eigenvalue weighted by Crippen LogP contribution is 2.32. The molecule has 1 heterocycles. The summed E-state index contributed by atoms with van der Waals surface area (Å²) in [5.41, 5.74) is 3.13. The number of carbonyl (C=O) groups excluding carboxylic acids is 2. The van der Waals surface area contributed by atoms with E-state index in [-0.39, 0.29) is 11.6 Å². The van der Waals surface area contributed by atoms with Gasteiger partial charge in [0.1, 0.15) is 0 Å². The maximum absolute atomic E-state index is 13.3. The smallest absolute Gasteiger partial charge is 0.268 e. The van der Waals surface area contributed by atoms with Crippen LogP contribution in [0.1, 0.15) is 27.0 Å². The molecule has 31 heavy (non-hydrogen) atoms. The highest BCUT2D eigenvalue weighted by molar-refractivity contribution is 6.41. The van der Waals surface area contributed by atoms with Crippen molar-refractivity contribution < 1.29 is 14.5 Å². The van der Waals surface area contributed by atoms with Crippen molar-refractivity contribution in [1.29, 1.82) is 0 Å². The van der Waals surface area contributed by atoms with Crippen LogP contribution in [0.2, 0.25) is 0 Å². The second kappa shape index (κ2) is 8.20. The summed E-state index contributed by atoms with van der Waals surface area (Å²) in [5.74, 6) is -0.826. The number of rotatable bonds is 4. The zero-order chi connectivity index (χ0) is 22.0. The molecule has 0 fully saturated rings. The topological polar surface area (TPSA) is 80.5 Å². The predicted molar refractivity (Wildman–Crippen MR) is 120 cm³/mol. The van der Waals surface area contributed by atoms with Crippen molar-refractivity contribution in [1.82, 2.24) is 0 Å². The van der Waals surface area contributed by atoms with E-state index in [0.717, 1.165) is 5.56 Å². The van der Waals surface area contributed by atoms with Crippen LogP contribution < -0.4 is 4.90 Å². The van der Waals surface area contributed by atoms with Gasteiger partial charge in [0.15, 0.2) is 0 Å². The van der Waals surface area contributed by atoms with Crippen LogP contribution in [0.5, 0.6) is 0 Å². The van der Waals surface area contributed by atoms with E-state index in [1.807, 2.05) is 13.0 Å². The molecule has 0 N–H and O–H groups in total. The molecule has 0 atom stereocenters. The Morgan fingerprint density at radius 1 is 0.871 bits per heavy atom. The zero-order valence-corrected chi connectivity index (χ0v) is 16.7.